The molecule has 146 valence electrons. The number of halogens is 2. The number of aromatic amines is 1. The topological polar surface area (TPSA) is 94.5 Å². The zero-order valence-electron chi connectivity index (χ0n) is 14.7. The molecular weight excluding hydrogens is 403 g/mol. The lowest BCUT2D eigenvalue weighted by atomic mass is 10.1. The third kappa shape index (κ3) is 3.91. The van der Waals surface area contributed by atoms with Crippen molar-refractivity contribution in [3.8, 4) is 10.4 Å². The van der Waals surface area contributed by atoms with Gasteiger partial charge in [-0.15, -0.1) is 23.7 Å². The minimum Gasteiger partial charge on any atom is -0.327 e. The van der Waals surface area contributed by atoms with E-state index in [2.05, 4.69) is 21.4 Å². The molecule has 0 radical (unpaired) electrons. The van der Waals surface area contributed by atoms with Crippen molar-refractivity contribution in [3.05, 3.63) is 70.1 Å². The third-order valence-electron chi connectivity index (χ3n) is 4.28. The summed E-state index contributed by atoms with van der Waals surface area (Å²) in [6.45, 7) is 0.513. The fourth-order valence-electron chi connectivity index (χ4n) is 2.81. The first-order chi connectivity index (χ1) is 13.2. The van der Waals surface area contributed by atoms with Crippen molar-refractivity contribution >= 4 is 34.6 Å². The van der Waals surface area contributed by atoms with E-state index in [1.807, 2.05) is 24.3 Å². The average molecular weight is 421 g/mol. The van der Waals surface area contributed by atoms with Crippen molar-refractivity contribution < 1.29 is 4.39 Å². The lowest BCUT2D eigenvalue weighted by Gasteiger charge is -2.01. The zero-order chi connectivity index (χ0) is 18.8. The Labute approximate surface area is 169 Å². The van der Waals surface area contributed by atoms with Crippen LogP contribution in [0.5, 0.6) is 0 Å². The Morgan fingerprint density at radius 1 is 1.32 bits per heavy atom. The van der Waals surface area contributed by atoms with Crippen LogP contribution in [0.25, 0.3) is 21.3 Å². The minimum atomic E-state index is -0.294. The van der Waals surface area contributed by atoms with Crippen LogP contribution in [0.1, 0.15) is 4.88 Å². The molecule has 3 aromatic heterocycles. The molecule has 0 fully saturated rings. The van der Waals surface area contributed by atoms with Gasteiger partial charge in [0.25, 0.3) is 0 Å². The number of nitrogens with zero attached hydrogens (tertiary/aromatic N) is 4. The maximum atomic E-state index is 12.7. The number of nitrogens with one attached hydrogen (secondary N) is 1. The van der Waals surface area contributed by atoms with E-state index in [1.54, 1.807) is 17.5 Å². The molecular formula is C18H18ClFN6OS. The van der Waals surface area contributed by atoms with Gasteiger partial charge in [0.15, 0.2) is 0 Å². The maximum Gasteiger partial charge on any atom is 0.346 e. The smallest absolute Gasteiger partial charge is 0.327 e. The second kappa shape index (κ2) is 8.51. The summed E-state index contributed by atoms with van der Waals surface area (Å²) in [5.41, 5.74) is 7.55. The van der Waals surface area contributed by atoms with Gasteiger partial charge < -0.3 is 5.73 Å². The SMILES string of the molecule is Cl.NC/C(=C\F)Cn1ncn(Cc2ccc(-c3ccc4[nH]ncc4c3)s2)c1=O. The average Bonchev–Trinajstić information content (AvgIpc) is 3.41. The van der Waals surface area contributed by atoms with E-state index in [0.29, 0.717) is 18.4 Å². The quantitative estimate of drug-likeness (QED) is 0.501. The van der Waals surface area contributed by atoms with E-state index in [-0.39, 0.29) is 31.2 Å². The second-order valence-corrected chi connectivity index (χ2v) is 7.28. The highest BCUT2D eigenvalue weighted by Crippen LogP contribution is 2.30. The summed E-state index contributed by atoms with van der Waals surface area (Å²) in [4.78, 5) is 14.5. The summed E-state index contributed by atoms with van der Waals surface area (Å²) >= 11 is 1.61. The number of thiophene rings is 1. The maximum absolute atomic E-state index is 12.7. The van der Waals surface area contributed by atoms with Crippen LogP contribution in [0.4, 0.5) is 4.39 Å². The highest BCUT2D eigenvalue weighted by atomic mass is 35.5. The summed E-state index contributed by atoms with van der Waals surface area (Å²) in [5.74, 6) is 0. The van der Waals surface area contributed by atoms with Crippen molar-refractivity contribution in [2.45, 2.75) is 13.1 Å². The van der Waals surface area contributed by atoms with Crippen LogP contribution in [0.2, 0.25) is 0 Å². The van der Waals surface area contributed by atoms with Gasteiger partial charge >= 0.3 is 5.69 Å². The predicted molar refractivity (Wildman–Crippen MR) is 110 cm³/mol. The van der Waals surface area contributed by atoms with Crippen LogP contribution in [-0.4, -0.2) is 31.1 Å². The number of benzene rings is 1. The van der Waals surface area contributed by atoms with Gasteiger partial charge in [0.05, 0.1) is 31.1 Å². The highest BCUT2D eigenvalue weighted by Gasteiger charge is 2.10. The predicted octanol–water partition coefficient (Wildman–Crippen LogP) is 2.93. The molecule has 3 heterocycles. The van der Waals surface area contributed by atoms with Crippen molar-refractivity contribution in [1.82, 2.24) is 24.5 Å². The Balaban J connectivity index is 0.00000225. The van der Waals surface area contributed by atoms with Crippen molar-refractivity contribution in [2.24, 2.45) is 5.73 Å². The Morgan fingerprint density at radius 3 is 2.96 bits per heavy atom. The fourth-order valence-corrected chi connectivity index (χ4v) is 3.81. The standard InChI is InChI=1S/C18H17FN6OS.ClH/c19-6-12(7-20)9-25-18(26)24(11-22-25)10-15-2-4-17(27-15)13-1-3-16-14(5-13)8-21-23-16;/h1-6,8,11H,7,9-10,20H2,(H,21,23);1H/b12-6+;. The van der Waals surface area contributed by atoms with Gasteiger partial charge in [0.2, 0.25) is 0 Å². The lowest BCUT2D eigenvalue weighted by Crippen LogP contribution is -2.26. The molecule has 0 saturated carbocycles. The molecule has 1 aromatic carbocycles. The number of hydrogen-bond donors (Lipinski definition) is 2. The Kier molecular flexibility index (Phi) is 6.08. The van der Waals surface area contributed by atoms with Gasteiger partial charge in [-0.2, -0.15) is 10.2 Å². The summed E-state index contributed by atoms with van der Waals surface area (Å²) in [7, 11) is 0. The molecule has 28 heavy (non-hydrogen) atoms. The van der Waals surface area contributed by atoms with Gasteiger partial charge in [0, 0.05) is 21.7 Å². The molecule has 4 rings (SSSR count). The van der Waals surface area contributed by atoms with Gasteiger partial charge in [-0.25, -0.2) is 13.9 Å². The first-order valence-electron chi connectivity index (χ1n) is 8.30. The van der Waals surface area contributed by atoms with Crippen molar-refractivity contribution in [1.29, 1.82) is 0 Å². The van der Waals surface area contributed by atoms with E-state index < -0.39 is 0 Å². The number of aromatic nitrogens is 5. The lowest BCUT2D eigenvalue weighted by molar-refractivity contribution is 0.604. The van der Waals surface area contributed by atoms with Crippen LogP contribution in [0.15, 0.2) is 59.6 Å². The zero-order valence-corrected chi connectivity index (χ0v) is 16.3. The van der Waals surface area contributed by atoms with Gasteiger partial charge in [0.1, 0.15) is 6.33 Å². The molecule has 0 unspecified atom stereocenters. The molecule has 0 bridgehead atoms. The van der Waals surface area contributed by atoms with E-state index >= 15 is 0 Å². The van der Waals surface area contributed by atoms with Crippen LogP contribution in [-0.2, 0) is 13.1 Å². The fraction of sp³-hybridized carbons (Fsp3) is 0.167. The first-order valence-corrected chi connectivity index (χ1v) is 9.12. The summed E-state index contributed by atoms with van der Waals surface area (Å²) < 4.78 is 15.4. The second-order valence-electron chi connectivity index (χ2n) is 6.11. The van der Waals surface area contributed by atoms with E-state index in [0.717, 1.165) is 26.2 Å². The molecule has 3 N–H and O–H groups in total. The normalized spacial score (nSPS) is 11.7. The summed E-state index contributed by atoms with van der Waals surface area (Å²) in [6, 6.07) is 10.2. The molecule has 10 heteroatoms. The van der Waals surface area contributed by atoms with Gasteiger partial charge in [-0.1, -0.05) is 6.07 Å². The molecule has 0 atom stereocenters. The molecule has 0 amide bonds. The molecule has 0 aliphatic heterocycles. The first kappa shape index (κ1) is 20.0. The number of fused-ring (bicyclic) bond motifs is 1. The number of nitrogens with two attached hydrogens (primary N) is 1. The number of hydrogen-bond acceptors (Lipinski definition) is 5. The van der Waals surface area contributed by atoms with Crippen LogP contribution in [0.3, 0.4) is 0 Å². The van der Waals surface area contributed by atoms with Crippen LogP contribution < -0.4 is 11.4 Å². The Hall–Kier alpha value is -2.75. The molecule has 0 aliphatic carbocycles. The van der Waals surface area contributed by atoms with Gasteiger partial charge in [-0.05, 0) is 35.4 Å². The van der Waals surface area contributed by atoms with E-state index in [9.17, 15) is 9.18 Å². The molecule has 4 aromatic rings. The third-order valence-corrected chi connectivity index (χ3v) is 5.40. The van der Waals surface area contributed by atoms with Crippen molar-refractivity contribution in [2.75, 3.05) is 6.54 Å². The Morgan fingerprint density at radius 2 is 2.18 bits per heavy atom. The molecule has 0 saturated heterocycles. The largest absolute Gasteiger partial charge is 0.346 e. The van der Waals surface area contributed by atoms with E-state index in [4.69, 9.17) is 5.73 Å². The highest BCUT2D eigenvalue weighted by molar-refractivity contribution is 7.15. The van der Waals surface area contributed by atoms with E-state index in [1.165, 1.54) is 15.6 Å². The van der Waals surface area contributed by atoms with Crippen LogP contribution in [0, 0.1) is 0 Å². The molecule has 0 spiro atoms. The van der Waals surface area contributed by atoms with Gasteiger partial charge in [-0.3, -0.25) is 9.67 Å². The monoisotopic (exact) mass is 420 g/mol. The van der Waals surface area contributed by atoms with Crippen molar-refractivity contribution in [3.63, 3.8) is 0 Å². The number of rotatable bonds is 6. The van der Waals surface area contributed by atoms with Crippen LogP contribution >= 0.6 is 23.7 Å². The summed E-state index contributed by atoms with van der Waals surface area (Å²) in [5, 5.41) is 12.1. The summed E-state index contributed by atoms with van der Waals surface area (Å²) in [6.07, 6.45) is 3.68. The minimum absolute atomic E-state index is 0. The Bertz CT molecular complexity index is 1170. The molecule has 0 aliphatic rings. The number of H-pyrrole nitrogens is 1. The molecule has 7 nitrogen and oxygen atoms in total.